The molecular formula is C11H13N3OS. The number of carbonyl (C=O) groups is 1. The Morgan fingerprint density at radius 1 is 1.44 bits per heavy atom. The van der Waals surface area contributed by atoms with Gasteiger partial charge in [-0.1, -0.05) is 30.0 Å². The fourth-order valence-electron chi connectivity index (χ4n) is 1.42. The van der Waals surface area contributed by atoms with Gasteiger partial charge in [0.05, 0.1) is 12.2 Å². The second-order valence-electron chi connectivity index (χ2n) is 3.35. The fraction of sp³-hybridized carbons (Fsp3) is 0.273. The van der Waals surface area contributed by atoms with Crippen molar-refractivity contribution in [2.75, 3.05) is 17.3 Å². The zero-order valence-corrected chi connectivity index (χ0v) is 9.83. The van der Waals surface area contributed by atoms with Gasteiger partial charge in [-0.05, 0) is 12.1 Å². The molecule has 0 fully saturated rings. The predicted molar refractivity (Wildman–Crippen MR) is 67.5 cm³/mol. The lowest BCUT2D eigenvalue weighted by Gasteiger charge is -2.23. The molecule has 0 atom stereocenters. The molecule has 1 aromatic carbocycles. The molecule has 1 heterocycles. The fourth-order valence-corrected chi connectivity index (χ4v) is 2.24. The van der Waals surface area contributed by atoms with Gasteiger partial charge in [-0.25, -0.2) is 5.01 Å². The van der Waals surface area contributed by atoms with Gasteiger partial charge in [0.1, 0.15) is 0 Å². The zero-order valence-electron chi connectivity index (χ0n) is 9.01. The minimum absolute atomic E-state index is 0.0981. The number of hydrogen-bond donors (Lipinski definition) is 1. The molecule has 1 aliphatic rings. The van der Waals surface area contributed by atoms with Crippen molar-refractivity contribution in [2.24, 2.45) is 4.99 Å². The summed E-state index contributed by atoms with van der Waals surface area (Å²) in [5, 5.41) is 2.58. The third-order valence-electron chi connectivity index (χ3n) is 2.04. The van der Waals surface area contributed by atoms with E-state index in [1.165, 1.54) is 6.92 Å². The number of para-hydroxylation sites is 1. The molecule has 84 valence electrons. The molecule has 16 heavy (non-hydrogen) atoms. The topological polar surface area (TPSA) is 44.7 Å². The Hall–Kier alpha value is -1.49. The molecule has 0 aliphatic carbocycles. The van der Waals surface area contributed by atoms with Crippen molar-refractivity contribution < 1.29 is 4.79 Å². The molecule has 1 aromatic rings. The van der Waals surface area contributed by atoms with Gasteiger partial charge in [-0.2, -0.15) is 0 Å². The Kier molecular flexibility index (Phi) is 3.46. The number of nitrogens with zero attached hydrogens (tertiary/aromatic N) is 2. The van der Waals surface area contributed by atoms with Crippen LogP contribution in [0.1, 0.15) is 6.92 Å². The van der Waals surface area contributed by atoms with Crippen LogP contribution in [0, 0.1) is 0 Å². The highest BCUT2D eigenvalue weighted by molar-refractivity contribution is 8.14. The lowest BCUT2D eigenvalue weighted by Crippen LogP contribution is -2.43. The molecule has 0 saturated heterocycles. The minimum atomic E-state index is -0.0981. The third kappa shape index (κ3) is 2.55. The van der Waals surface area contributed by atoms with Gasteiger partial charge in [0.2, 0.25) is 5.91 Å². The molecule has 1 aliphatic heterocycles. The number of anilines is 1. The number of aliphatic imine (C=N–C) groups is 1. The van der Waals surface area contributed by atoms with Crippen LogP contribution in [-0.4, -0.2) is 23.4 Å². The predicted octanol–water partition coefficient (Wildman–Crippen LogP) is 1.65. The number of thioether (sulfide) groups is 1. The Balaban J connectivity index is 2.24. The van der Waals surface area contributed by atoms with E-state index in [4.69, 9.17) is 0 Å². The molecule has 0 unspecified atom stereocenters. The van der Waals surface area contributed by atoms with Gasteiger partial charge in [0.15, 0.2) is 5.17 Å². The standard InChI is InChI=1S/C11H13N3OS/c1-9(15)13-14(11-12-7-8-16-11)10-5-3-2-4-6-10/h2-6H,7-8H2,1H3,(H,13,15). The van der Waals surface area contributed by atoms with Crippen LogP contribution in [0.25, 0.3) is 0 Å². The molecule has 1 N–H and O–H groups in total. The molecule has 0 radical (unpaired) electrons. The van der Waals surface area contributed by atoms with Crippen LogP contribution in [-0.2, 0) is 4.79 Å². The second-order valence-corrected chi connectivity index (χ2v) is 4.41. The molecular weight excluding hydrogens is 222 g/mol. The highest BCUT2D eigenvalue weighted by Crippen LogP contribution is 2.20. The summed E-state index contributed by atoms with van der Waals surface area (Å²) in [6, 6.07) is 9.70. The quantitative estimate of drug-likeness (QED) is 0.753. The Morgan fingerprint density at radius 3 is 2.75 bits per heavy atom. The maximum atomic E-state index is 11.2. The summed E-state index contributed by atoms with van der Waals surface area (Å²) in [6.07, 6.45) is 0. The number of hydrazine groups is 1. The van der Waals surface area contributed by atoms with Crippen LogP contribution < -0.4 is 10.4 Å². The van der Waals surface area contributed by atoms with Gasteiger partial charge in [-0.15, -0.1) is 0 Å². The lowest BCUT2D eigenvalue weighted by molar-refractivity contribution is -0.118. The number of carbonyl (C=O) groups excluding carboxylic acids is 1. The first-order valence-corrected chi connectivity index (χ1v) is 6.05. The maximum absolute atomic E-state index is 11.2. The van der Waals surface area contributed by atoms with Crippen molar-refractivity contribution in [3.63, 3.8) is 0 Å². The molecule has 0 saturated carbocycles. The van der Waals surface area contributed by atoms with Gasteiger partial charge in [-0.3, -0.25) is 15.2 Å². The number of hydrogen-bond acceptors (Lipinski definition) is 4. The monoisotopic (exact) mass is 235 g/mol. The summed E-state index contributed by atoms with van der Waals surface area (Å²) < 4.78 is 0. The highest BCUT2D eigenvalue weighted by Gasteiger charge is 2.18. The van der Waals surface area contributed by atoms with E-state index in [9.17, 15) is 4.79 Å². The first kappa shape index (κ1) is 11.0. The molecule has 1 amide bonds. The SMILES string of the molecule is CC(=O)NN(C1=NCCS1)c1ccccc1. The van der Waals surface area contributed by atoms with Crippen LogP contribution >= 0.6 is 11.8 Å². The van der Waals surface area contributed by atoms with E-state index in [1.807, 2.05) is 30.3 Å². The van der Waals surface area contributed by atoms with Crippen molar-refractivity contribution >= 4 is 28.5 Å². The Bertz CT molecular complexity index is 405. The number of benzene rings is 1. The van der Waals surface area contributed by atoms with Crippen molar-refractivity contribution in [3.8, 4) is 0 Å². The van der Waals surface area contributed by atoms with Crippen LogP contribution in [0.15, 0.2) is 35.3 Å². The van der Waals surface area contributed by atoms with E-state index >= 15 is 0 Å². The lowest BCUT2D eigenvalue weighted by atomic mass is 10.3. The van der Waals surface area contributed by atoms with E-state index < -0.39 is 0 Å². The van der Waals surface area contributed by atoms with Crippen molar-refractivity contribution in [1.82, 2.24) is 5.43 Å². The van der Waals surface area contributed by atoms with E-state index in [-0.39, 0.29) is 5.91 Å². The van der Waals surface area contributed by atoms with E-state index in [0.717, 1.165) is 23.2 Å². The molecule has 0 aromatic heterocycles. The van der Waals surface area contributed by atoms with Gasteiger partial charge < -0.3 is 0 Å². The molecule has 2 rings (SSSR count). The summed E-state index contributed by atoms with van der Waals surface area (Å²) in [5.74, 6) is 0.872. The van der Waals surface area contributed by atoms with Gasteiger partial charge >= 0.3 is 0 Å². The summed E-state index contributed by atoms with van der Waals surface area (Å²) >= 11 is 1.65. The van der Waals surface area contributed by atoms with Crippen LogP contribution in [0.5, 0.6) is 0 Å². The van der Waals surface area contributed by atoms with E-state index in [1.54, 1.807) is 16.8 Å². The summed E-state index contributed by atoms with van der Waals surface area (Å²) in [5.41, 5.74) is 3.70. The first-order chi connectivity index (χ1) is 7.77. The minimum Gasteiger partial charge on any atom is -0.274 e. The summed E-state index contributed by atoms with van der Waals surface area (Å²) in [7, 11) is 0. The molecule has 4 nitrogen and oxygen atoms in total. The van der Waals surface area contributed by atoms with Crippen LogP contribution in [0.3, 0.4) is 0 Å². The summed E-state index contributed by atoms with van der Waals surface area (Å²) in [4.78, 5) is 15.5. The zero-order chi connectivity index (χ0) is 11.4. The number of nitrogens with one attached hydrogen (secondary N) is 1. The van der Waals surface area contributed by atoms with Crippen LogP contribution in [0.4, 0.5) is 5.69 Å². The molecule has 5 heteroatoms. The van der Waals surface area contributed by atoms with Gasteiger partial charge in [0, 0.05) is 12.7 Å². The Morgan fingerprint density at radius 2 is 2.19 bits per heavy atom. The number of rotatable bonds is 1. The smallest absolute Gasteiger partial charge is 0.235 e. The maximum Gasteiger partial charge on any atom is 0.235 e. The van der Waals surface area contributed by atoms with Crippen molar-refractivity contribution in [1.29, 1.82) is 0 Å². The third-order valence-corrected chi connectivity index (χ3v) is 3.00. The van der Waals surface area contributed by atoms with Crippen molar-refractivity contribution in [2.45, 2.75) is 6.92 Å². The van der Waals surface area contributed by atoms with E-state index in [2.05, 4.69) is 10.4 Å². The normalized spacial score (nSPS) is 14.4. The largest absolute Gasteiger partial charge is 0.274 e. The van der Waals surface area contributed by atoms with Crippen molar-refractivity contribution in [3.05, 3.63) is 30.3 Å². The average Bonchev–Trinajstić information content (AvgIpc) is 2.80. The number of amidine groups is 1. The first-order valence-electron chi connectivity index (χ1n) is 5.07. The van der Waals surface area contributed by atoms with Gasteiger partial charge in [0.25, 0.3) is 0 Å². The average molecular weight is 235 g/mol. The second kappa shape index (κ2) is 5.03. The molecule has 0 spiro atoms. The van der Waals surface area contributed by atoms with Crippen LogP contribution in [0.2, 0.25) is 0 Å². The Labute approximate surface area is 98.7 Å². The molecule has 0 bridgehead atoms. The number of amides is 1. The van der Waals surface area contributed by atoms with E-state index in [0.29, 0.717) is 0 Å². The highest BCUT2D eigenvalue weighted by atomic mass is 32.2. The summed E-state index contributed by atoms with van der Waals surface area (Å²) in [6.45, 7) is 2.30.